The van der Waals surface area contributed by atoms with Gasteiger partial charge in [0, 0.05) is 5.92 Å². The number of halogens is 2. The van der Waals surface area contributed by atoms with Gasteiger partial charge in [0.15, 0.2) is 9.84 Å². The van der Waals surface area contributed by atoms with Crippen molar-refractivity contribution in [2.24, 2.45) is 5.92 Å². The Hall–Kier alpha value is -0.230. The molecule has 2 atom stereocenters. The monoisotopic (exact) mass is 253 g/mol. The van der Waals surface area contributed by atoms with Gasteiger partial charge in [0.2, 0.25) is 6.43 Å². The minimum Gasteiger partial charge on any atom is -0.317 e. The van der Waals surface area contributed by atoms with Gasteiger partial charge in [-0.2, -0.15) is 0 Å². The van der Waals surface area contributed by atoms with Gasteiger partial charge in [-0.1, -0.05) is 0 Å². The van der Waals surface area contributed by atoms with E-state index >= 15 is 0 Å². The lowest BCUT2D eigenvalue weighted by atomic mass is 9.84. The van der Waals surface area contributed by atoms with Gasteiger partial charge in [-0.25, -0.2) is 17.2 Å². The van der Waals surface area contributed by atoms with Crippen molar-refractivity contribution in [1.82, 2.24) is 5.32 Å². The van der Waals surface area contributed by atoms with Crippen molar-refractivity contribution in [3.63, 3.8) is 0 Å². The summed E-state index contributed by atoms with van der Waals surface area (Å²) >= 11 is 0. The van der Waals surface area contributed by atoms with E-state index in [1.165, 1.54) is 0 Å². The van der Waals surface area contributed by atoms with Gasteiger partial charge in [0.1, 0.15) is 0 Å². The molecule has 0 aliphatic carbocycles. The molecule has 0 aromatic rings. The molecule has 94 valence electrons. The van der Waals surface area contributed by atoms with Crippen molar-refractivity contribution < 1.29 is 17.2 Å². The highest BCUT2D eigenvalue weighted by molar-refractivity contribution is 7.93. The summed E-state index contributed by atoms with van der Waals surface area (Å²) in [6.45, 7) is 1.26. The van der Waals surface area contributed by atoms with Crippen LogP contribution < -0.4 is 5.32 Å². The van der Waals surface area contributed by atoms with Crippen LogP contribution in [-0.2, 0) is 9.84 Å². The second-order valence-corrected chi connectivity index (χ2v) is 7.17. The SMILES string of the molecule is O=S1(=O)CCC(C(F)F)C12CCCNCC2. The number of sulfone groups is 1. The Balaban J connectivity index is 2.37. The van der Waals surface area contributed by atoms with E-state index in [1.807, 2.05) is 0 Å². The molecule has 6 heteroatoms. The molecule has 2 unspecified atom stereocenters. The average molecular weight is 253 g/mol. The smallest absolute Gasteiger partial charge is 0.242 e. The molecule has 0 aromatic carbocycles. The fourth-order valence-corrected chi connectivity index (χ4v) is 5.60. The average Bonchev–Trinajstić information content (AvgIpc) is 2.40. The Kier molecular flexibility index (Phi) is 3.22. The molecular formula is C10H17F2NO2S. The topological polar surface area (TPSA) is 46.2 Å². The maximum Gasteiger partial charge on any atom is 0.242 e. The minimum atomic E-state index is -3.35. The molecule has 0 amide bonds. The molecule has 0 radical (unpaired) electrons. The largest absolute Gasteiger partial charge is 0.317 e. The van der Waals surface area contributed by atoms with Crippen LogP contribution in [0.4, 0.5) is 8.78 Å². The second kappa shape index (κ2) is 4.22. The summed E-state index contributed by atoms with van der Waals surface area (Å²) in [6.07, 6.45) is -1.00. The Labute approximate surface area is 94.5 Å². The van der Waals surface area contributed by atoms with Crippen LogP contribution in [0.5, 0.6) is 0 Å². The third-order valence-corrected chi connectivity index (χ3v) is 6.70. The maximum absolute atomic E-state index is 13.0. The van der Waals surface area contributed by atoms with E-state index in [-0.39, 0.29) is 12.2 Å². The Morgan fingerprint density at radius 2 is 2.00 bits per heavy atom. The number of alkyl halides is 2. The van der Waals surface area contributed by atoms with Gasteiger partial charge in [-0.15, -0.1) is 0 Å². The van der Waals surface area contributed by atoms with Gasteiger partial charge in [0.05, 0.1) is 10.5 Å². The van der Waals surface area contributed by atoms with E-state index < -0.39 is 26.9 Å². The lowest BCUT2D eigenvalue weighted by Gasteiger charge is -2.32. The van der Waals surface area contributed by atoms with Gasteiger partial charge in [-0.05, 0) is 38.8 Å². The van der Waals surface area contributed by atoms with Gasteiger partial charge < -0.3 is 5.32 Å². The van der Waals surface area contributed by atoms with Crippen molar-refractivity contribution in [1.29, 1.82) is 0 Å². The molecule has 1 N–H and O–H groups in total. The van der Waals surface area contributed by atoms with Crippen molar-refractivity contribution >= 4 is 9.84 Å². The first-order valence-corrected chi connectivity index (χ1v) is 7.36. The zero-order valence-corrected chi connectivity index (χ0v) is 9.90. The maximum atomic E-state index is 13.0. The van der Waals surface area contributed by atoms with Crippen molar-refractivity contribution in [2.45, 2.75) is 36.9 Å². The first kappa shape index (κ1) is 12.2. The lowest BCUT2D eigenvalue weighted by molar-refractivity contribution is 0.0529. The molecule has 2 rings (SSSR count). The molecule has 16 heavy (non-hydrogen) atoms. The zero-order valence-electron chi connectivity index (χ0n) is 9.09. The highest BCUT2D eigenvalue weighted by Gasteiger charge is 2.57. The van der Waals surface area contributed by atoms with E-state index in [4.69, 9.17) is 0 Å². The standard InChI is InChI=1S/C10H17F2NO2S/c11-9(12)8-2-7-16(14,15)10(8)3-1-5-13-6-4-10/h8-9,13H,1-7H2. The molecule has 3 nitrogen and oxygen atoms in total. The second-order valence-electron chi connectivity index (χ2n) is 4.72. The quantitative estimate of drug-likeness (QED) is 0.763. The first-order valence-electron chi connectivity index (χ1n) is 5.71. The molecule has 0 aromatic heterocycles. The van der Waals surface area contributed by atoms with E-state index in [0.717, 1.165) is 6.54 Å². The summed E-state index contributed by atoms with van der Waals surface area (Å²) in [5, 5.41) is 3.09. The molecule has 1 spiro atoms. The molecule has 2 aliphatic rings. The predicted octanol–water partition coefficient (Wildman–Crippen LogP) is 1.20. The minimum absolute atomic E-state index is 0.0675. The number of hydrogen-bond acceptors (Lipinski definition) is 3. The third kappa shape index (κ3) is 1.76. The van der Waals surface area contributed by atoms with E-state index in [2.05, 4.69) is 5.32 Å². The van der Waals surface area contributed by atoms with Crippen LogP contribution in [-0.4, -0.2) is 38.4 Å². The Morgan fingerprint density at radius 3 is 2.69 bits per heavy atom. The highest BCUT2D eigenvalue weighted by atomic mass is 32.2. The third-order valence-electron chi connectivity index (χ3n) is 3.98. The summed E-state index contributed by atoms with van der Waals surface area (Å²) in [7, 11) is -3.35. The van der Waals surface area contributed by atoms with Crippen LogP contribution >= 0.6 is 0 Å². The molecule has 2 heterocycles. The lowest BCUT2D eigenvalue weighted by Crippen LogP contribution is -2.44. The van der Waals surface area contributed by atoms with Crippen LogP contribution in [0.1, 0.15) is 25.7 Å². The van der Waals surface area contributed by atoms with Crippen LogP contribution in [0, 0.1) is 5.92 Å². The predicted molar refractivity (Wildman–Crippen MR) is 57.3 cm³/mol. The van der Waals surface area contributed by atoms with Crippen LogP contribution in [0.3, 0.4) is 0 Å². The zero-order chi connectivity index (χ0) is 11.8. The van der Waals surface area contributed by atoms with E-state index in [1.54, 1.807) is 0 Å². The Bertz CT molecular complexity index is 348. The molecule has 2 fully saturated rings. The summed E-state index contributed by atoms with van der Waals surface area (Å²) in [4.78, 5) is 0. The van der Waals surface area contributed by atoms with E-state index in [9.17, 15) is 17.2 Å². The molecule has 0 saturated carbocycles. The van der Waals surface area contributed by atoms with Crippen molar-refractivity contribution in [3.05, 3.63) is 0 Å². The molecule has 0 bridgehead atoms. The summed E-state index contributed by atoms with van der Waals surface area (Å²) in [6, 6.07) is 0. The highest BCUT2D eigenvalue weighted by Crippen LogP contribution is 2.47. The molecule has 2 aliphatic heterocycles. The fraction of sp³-hybridized carbons (Fsp3) is 1.00. The number of hydrogen-bond donors (Lipinski definition) is 1. The first-order chi connectivity index (χ1) is 7.50. The normalized spacial score (nSPS) is 39.1. The van der Waals surface area contributed by atoms with E-state index in [0.29, 0.717) is 25.8 Å². The summed E-state index contributed by atoms with van der Waals surface area (Å²) in [5.41, 5.74) is 0. The number of rotatable bonds is 1. The Morgan fingerprint density at radius 1 is 1.25 bits per heavy atom. The number of nitrogens with one attached hydrogen (secondary N) is 1. The summed E-state index contributed by atoms with van der Waals surface area (Å²) < 4.78 is 48.9. The molecule has 2 saturated heterocycles. The van der Waals surface area contributed by atoms with Gasteiger partial charge in [0.25, 0.3) is 0 Å². The summed E-state index contributed by atoms with van der Waals surface area (Å²) in [5.74, 6) is -1.03. The van der Waals surface area contributed by atoms with Crippen LogP contribution in [0.2, 0.25) is 0 Å². The van der Waals surface area contributed by atoms with Crippen molar-refractivity contribution in [3.8, 4) is 0 Å². The van der Waals surface area contributed by atoms with Crippen LogP contribution in [0.15, 0.2) is 0 Å². The van der Waals surface area contributed by atoms with Gasteiger partial charge in [-0.3, -0.25) is 0 Å². The fourth-order valence-electron chi connectivity index (χ4n) is 3.08. The van der Waals surface area contributed by atoms with Gasteiger partial charge >= 0.3 is 0 Å². The molecular weight excluding hydrogens is 236 g/mol. The van der Waals surface area contributed by atoms with Crippen molar-refractivity contribution in [2.75, 3.05) is 18.8 Å². The van der Waals surface area contributed by atoms with Crippen LogP contribution in [0.25, 0.3) is 0 Å².